The maximum atomic E-state index is 10.2. The van der Waals surface area contributed by atoms with Crippen LogP contribution in [-0.4, -0.2) is 10.9 Å². The minimum atomic E-state index is -0.352. The number of thiazole rings is 1. The Morgan fingerprint density at radius 1 is 2.00 bits per heavy atom. The predicted octanol–water partition coefficient (Wildman–Crippen LogP) is -0.0289. The molecule has 3 nitrogen and oxygen atoms in total. The van der Waals surface area contributed by atoms with E-state index in [4.69, 9.17) is 5.73 Å². The molecule has 1 radical (unpaired) electrons. The van der Waals surface area contributed by atoms with Crippen molar-refractivity contribution < 1.29 is 4.79 Å². The van der Waals surface area contributed by atoms with E-state index in [1.807, 2.05) is 0 Å². The highest BCUT2D eigenvalue weighted by atomic mass is 32.1. The summed E-state index contributed by atoms with van der Waals surface area (Å²) in [5.41, 5.74) is 8.22. The number of primary amides is 1. The molecular formula is C5H5N2OS. The Hall–Kier alpha value is -0.900. The summed E-state index contributed by atoms with van der Waals surface area (Å²) in [7, 11) is 0. The molecule has 0 aliphatic rings. The van der Waals surface area contributed by atoms with Crippen LogP contribution >= 0.6 is 11.3 Å². The molecule has 4 heteroatoms. The Kier molecular flexibility index (Phi) is 1.79. The van der Waals surface area contributed by atoms with Crippen LogP contribution in [0.3, 0.4) is 0 Å². The van der Waals surface area contributed by atoms with E-state index in [1.54, 1.807) is 5.38 Å². The van der Waals surface area contributed by atoms with E-state index in [0.717, 1.165) is 0 Å². The van der Waals surface area contributed by atoms with Gasteiger partial charge in [-0.2, -0.15) is 0 Å². The van der Waals surface area contributed by atoms with Crippen molar-refractivity contribution in [2.45, 2.75) is 6.42 Å². The fourth-order valence-electron chi connectivity index (χ4n) is 0.465. The van der Waals surface area contributed by atoms with Gasteiger partial charge in [-0.15, -0.1) is 11.3 Å². The molecule has 0 bridgehead atoms. The van der Waals surface area contributed by atoms with Gasteiger partial charge in [0.15, 0.2) is 5.51 Å². The average molecular weight is 141 g/mol. The number of carbonyl (C=O) groups excluding carboxylic acids is 1. The lowest BCUT2D eigenvalue weighted by molar-refractivity contribution is -0.117. The number of carbonyl (C=O) groups is 1. The summed E-state index contributed by atoms with van der Waals surface area (Å²) in [6, 6.07) is 0. The first-order chi connectivity index (χ1) is 4.29. The Labute approximate surface area is 56.5 Å². The lowest BCUT2D eigenvalue weighted by atomic mass is 10.3. The van der Waals surface area contributed by atoms with Crippen LogP contribution in [0.1, 0.15) is 5.69 Å². The highest BCUT2D eigenvalue weighted by molar-refractivity contribution is 7.07. The minimum Gasteiger partial charge on any atom is -0.369 e. The third-order valence-electron chi connectivity index (χ3n) is 0.792. The van der Waals surface area contributed by atoms with Crippen molar-refractivity contribution in [3.8, 4) is 0 Å². The molecule has 9 heavy (non-hydrogen) atoms. The number of rotatable bonds is 2. The highest BCUT2D eigenvalue weighted by Crippen LogP contribution is 1.99. The third-order valence-corrected chi connectivity index (χ3v) is 1.38. The van der Waals surface area contributed by atoms with Crippen LogP contribution in [0, 0.1) is 5.51 Å². The fraction of sp³-hybridized carbons (Fsp3) is 0.200. The largest absolute Gasteiger partial charge is 0.369 e. The number of hydrogen-bond donors (Lipinski definition) is 1. The molecule has 2 N–H and O–H groups in total. The van der Waals surface area contributed by atoms with E-state index in [-0.39, 0.29) is 12.3 Å². The Morgan fingerprint density at radius 3 is 3.22 bits per heavy atom. The topological polar surface area (TPSA) is 56.0 Å². The number of aromatic nitrogens is 1. The second-order valence-electron chi connectivity index (χ2n) is 1.57. The summed E-state index contributed by atoms with van der Waals surface area (Å²) in [5, 5.41) is 1.75. The zero-order valence-corrected chi connectivity index (χ0v) is 5.44. The quantitative estimate of drug-likeness (QED) is 0.628. The highest BCUT2D eigenvalue weighted by Gasteiger charge is 1.97. The van der Waals surface area contributed by atoms with Gasteiger partial charge in [-0.25, -0.2) is 4.98 Å². The monoisotopic (exact) mass is 141 g/mol. The van der Waals surface area contributed by atoms with Crippen molar-refractivity contribution in [3.05, 3.63) is 16.6 Å². The normalized spacial score (nSPS) is 9.33. The smallest absolute Gasteiger partial charge is 0.223 e. The molecule has 0 fully saturated rings. The molecule has 1 heterocycles. The lowest BCUT2D eigenvalue weighted by Crippen LogP contribution is -2.13. The van der Waals surface area contributed by atoms with E-state index < -0.39 is 0 Å². The Bertz CT molecular complexity index is 195. The molecule has 1 amide bonds. The molecule has 0 aromatic carbocycles. The van der Waals surface area contributed by atoms with Crippen LogP contribution in [0.4, 0.5) is 0 Å². The standard InChI is InChI=1S/C5H5N2OS/c6-5(8)1-4-2-9-3-7-4/h2H,1H2,(H2,6,8). The first-order valence-electron chi connectivity index (χ1n) is 2.38. The Morgan fingerprint density at radius 2 is 2.78 bits per heavy atom. The number of nitrogens with two attached hydrogens (primary N) is 1. The average Bonchev–Trinajstić information content (AvgIpc) is 2.15. The van der Waals surface area contributed by atoms with Crippen molar-refractivity contribution in [3.63, 3.8) is 0 Å². The van der Waals surface area contributed by atoms with Crippen LogP contribution in [0.5, 0.6) is 0 Å². The first kappa shape index (κ1) is 6.22. The van der Waals surface area contributed by atoms with Gasteiger partial charge in [-0.1, -0.05) is 0 Å². The van der Waals surface area contributed by atoms with Gasteiger partial charge in [0.2, 0.25) is 5.91 Å². The van der Waals surface area contributed by atoms with Crippen LogP contribution in [0.2, 0.25) is 0 Å². The zero-order chi connectivity index (χ0) is 6.69. The van der Waals surface area contributed by atoms with E-state index in [9.17, 15) is 4.79 Å². The molecule has 0 saturated heterocycles. The second kappa shape index (κ2) is 2.59. The summed E-state index contributed by atoms with van der Waals surface area (Å²) in [4.78, 5) is 14.0. The minimum absolute atomic E-state index is 0.222. The maximum Gasteiger partial charge on any atom is 0.223 e. The van der Waals surface area contributed by atoms with Crippen LogP contribution in [0.25, 0.3) is 0 Å². The van der Waals surface area contributed by atoms with Crippen molar-refractivity contribution in [1.29, 1.82) is 0 Å². The third kappa shape index (κ3) is 1.81. The first-order valence-corrected chi connectivity index (χ1v) is 3.26. The van der Waals surface area contributed by atoms with Crippen molar-refractivity contribution in [1.82, 2.24) is 4.98 Å². The molecule has 47 valence electrons. The van der Waals surface area contributed by atoms with E-state index in [0.29, 0.717) is 5.69 Å². The molecule has 0 aliphatic carbocycles. The van der Waals surface area contributed by atoms with Gasteiger partial charge in [0.1, 0.15) is 0 Å². The maximum absolute atomic E-state index is 10.2. The molecule has 0 aliphatic heterocycles. The fourth-order valence-corrected chi connectivity index (χ4v) is 0.960. The van der Waals surface area contributed by atoms with Crippen LogP contribution in [-0.2, 0) is 11.2 Å². The van der Waals surface area contributed by atoms with Gasteiger partial charge < -0.3 is 5.73 Å². The summed E-state index contributed by atoms with van der Waals surface area (Å²) in [6.07, 6.45) is 0.222. The van der Waals surface area contributed by atoms with Crippen molar-refractivity contribution in [2.75, 3.05) is 0 Å². The van der Waals surface area contributed by atoms with Gasteiger partial charge >= 0.3 is 0 Å². The SMILES string of the molecule is NC(=O)Cc1cs[c]n1. The summed E-state index contributed by atoms with van der Waals surface area (Å²) < 4.78 is 0. The molecule has 0 saturated carbocycles. The van der Waals surface area contributed by atoms with Gasteiger partial charge in [-0.3, -0.25) is 4.79 Å². The van der Waals surface area contributed by atoms with Crippen LogP contribution in [0.15, 0.2) is 5.38 Å². The zero-order valence-electron chi connectivity index (χ0n) is 4.63. The van der Waals surface area contributed by atoms with E-state index >= 15 is 0 Å². The molecule has 1 rings (SSSR count). The molecule has 0 spiro atoms. The molecule has 1 aromatic rings. The van der Waals surface area contributed by atoms with E-state index in [1.165, 1.54) is 11.3 Å². The summed E-state index contributed by atoms with van der Waals surface area (Å²) >= 11 is 1.34. The number of hydrogen-bond acceptors (Lipinski definition) is 3. The summed E-state index contributed by atoms with van der Waals surface area (Å²) in [5.74, 6) is -0.352. The van der Waals surface area contributed by atoms with Gasteiger partial charge in [0, 0.05) is 5.38 Å². The van der Waals surface area contributed by atoms with Gasteiger partial charge in [-0.05, 0) is 0 Å². The van der Waals surface area contributed by atoms with Crippen molar-refractivity contribution >= 4 is 17.2 Å². The number of nitrogens with zero attached hydrogens (tertiary/aromatic N) is 1. The summed E-state index contributed by atoms with van der Waals surface area (Å²) in [6.45, 7) is 0. The molecule has 1 aromatic heterocycles. The van der Waals surface area contributed by atoms with Gasteiger partial charge in [0.05, 0.1) is 12.1 Å². The Balaban J connectivity index is 2.58. The van der Waals surface area contributed by atoms with Crippen LogP contribution < -0.4 is 5.73 Å². The molecular weight excluding hydrogens is 136 g/mol. The lowest BCUT2D eigenvalue weighted by Gasteiger charge is -1.85. The second-order valence-corrected chi connectivity index (χ2v) is 2.23. The molecule has 0 atom stereocenters. The molecule has 0 unspecified atom stereocenters. The van der Waals surface area contributed by atoms with E-state index in [2.05, 4.69) is 10.5 Å². The predicted molar refractivity (Wildman–Crippen MR) is 33.8 cm³/mol. The van der Waals surface area contributed by atoms with Gasteiger partial charge in [0.25, 0.3) is 0 Å². The number of amides is 1. The van der Waals surface area contributed by atoms with Crippen molar-refractivity contribution in [2.24, 2.45) is 5.73 Å².